The average molecular weight is 387 g/mol. The summed E-state index contributed by atoms with van der Waals surface area (Å²) in [5, 5.41) is 0. The van der Waals surface area contributed by atoms with Gasteiger partial charge in [-0.3, -0.25) is 0 Å². The van der Waals surface area contributed by atoms with Gasteiger partial charge in [0, 0.05) is 17.7 Å². The van der Waals surface area contributed by atoms with Gasteiger partial charge in [0.05, 0.1) is 11.8 Å². The predicted octanol–water partition coefficient (Wildman–Crippen LogP) is 6.07. The molecule has 29 heavy (non-hydrogen) atoms. The molecule has 0 aromatic heterocycles. The molecule has 0 bridgehead atoms. The minimum atomic E-state index is -0.0460. The van der Waals surface area contributed by atoms with Crippen LogP contribution in [0.15, 0.2) is 77.8 Å². The van der Waals surface area contributed by atoms with E-state index in [1.54, 1.807) is 0 Å². The quantitative estimate of drug-likeness (QED) is 0.462. The number of rotatable bonds is 7. The molecule has 3 aromatic carbocycles. The van der Waals surface area contributed by atoms with Gasteiger partial charge in [-0.2, -0.15) is 0 Å². The Morgan fingerprint density at radius 2 is 1.62 bits per heavy atom. The van der Waals surface area contributed by atoms with Crippen molar-refractivity contribution in [3.8, 4) is 11.5 Å². The summed E-state index contributed by atoms with van der Waals surface area (Å²) in [7, 11) is 0. The maximum Gasteiger partial charge on any atom is 0.231 e. The molecule has 0 saturated heterocycles. The van der Waals surface area contributed by atoms with E-state index in [1.807, 2.05) is 48.5 Å². The fraction of sp³-hybridized carbons (Fsp3) is 0.240. The van der Waals surface area contributed by atoms with Crippen molar-refractivity contribution in [2.45, 2.75) is 26.4 Å². The molecule has 3 aromatic rings. The van der Waals surface area contributed by atoms with E-state index in [-0.39, 0.29) is 12.9 Å². The standard InChI is InChI=1S/C25H25NO3/c1-3-14-27-18(2)21-15-22(25-23(16-21)28-17-29-25)26-24(19-10-6-4-7-11-19)20-12-8-5-9-13-20/h4-13,15-16,18H,3,14,17H2,1-2H3. The molecule has 1 aliphatic heterocycles. The third-order valence-corrected chi connectivity index (χ3v) is 4.84. The number of nitrogens with zero attached hydrogens (tertiary/aromatic N) is 1. The summed E-state index contributed by atoms with van der Waals surface area (Å²) in [5.41, 5.74) is 4.77. The van der Waals surface area contributed by atoms with Crippen LogP contribution in [0.4, 0.5) is 5.69 Å². The normalized spacial score (nSPS) is 13.2. The molecule has 0 aliphatic carbocycles. The van der Waals surface area contributed by atoms with Crippen LogP contribution in [0.1, 0.15) is 43.1 Å². The van der Waals surface area contributed by atoms with Crippen molar-refractivity contribution in [3.05, 3.63) is 89.5 Å². The van der Waals surface area contributed by atoms with Gasteiger partial charge < -0.3 is 14.2 Å². The van der Waals surface area contributed by atoms with Gasteiger partial charge in [-0.25, -0.2) is 4.99 Å². The Morgan fingerprint density at radius 1 is 0.966 bits per heavy atom. The molecule has 0 amide bonds. The van der Waals surface area contributed by atoms with Gasteiger partial charge in [0.15, 0.2) is 11.5 Å². The van der Waals surface area contributed by atoms with Crippen LogP contribution >= 0.6 is 0 Å². The highest BCUT2D eigenvalue weighted by Crippen LogP contribution is 2.44. The largest absolute Gasteiger partial charge is 0.453 e. The minimum absolute atomic E-state index is 0.0460. The van der Waals surface area contributed by atoms with Crippen LogP contribution in [0.5, 0.6) is 11.5 Å². The fourth-order valence-corrected chi connectivity index (χ4v) is 3.33. The summed E-state index contributed by atoms with van der Waals surface area (Å²) >= 11 is 0. The van der Waals surface area contributed by atoms with Crippen LogP contribution in [-0.2, 0) is 4.74 Å². The topological polar surface area (TPSA) is 40.0 Å². The lowest BCUT2D eigenvalue weighted by Gasteiger charge is -2.15. The van der Waals surface area contributed by atoms with E-state index >= 15 is 0 Å². The number of hydrogen-bond donors (Lipinski definition) is 0. The van der Waals surface area contributed by atoms with E-state index in [0.29, 0.717) is 18.1 Å². The van der Waals surface area contributed by atoms with Gasteiger partial charge in [-0.1, -0.05) is 67.6 Å². The van der Waals surface area contributed by atoms with Gasteiger partial charge >= 0.3 is 0 Å². The maximum atomic E-state index is 5.92. The Balaban J connectivity index is 1.83. The molecular formula is C25H25NO3. The predicted molar refractivity (Wildman–Crippen MR) is 115 cm³/mol. The Labute approximate surface area is 171 Å². The van der Waals surface area contributed by atoms with Gasteiger partial charge in [0.1, 0.15) is 5.69 Å². The van der Waals surface area contributed by atoms with Crippen molar-refractivity contribution in [1.82, 2.24) is 0 Å². The Bertz CT molecular complexity index is 942. The fourth-order valence-electron chi connectivity index (χ4n) is 3.33. The van der Waals surface area contributed by atoms with Crippen LogP contribution < -0.4 is 9.47 Å². The van der Waals surface area contributed by atoms with Gasteiger partial charge in [0.2, 0.25) is 6.79 Å². The first-order chi connectivity index (χ1) is 14.3. The van der Waals surface area contributed by atoms with Crippen molar-refractivity contribution < 1.29 is 14.2 Å². The van der Waals surface area contributed by atoms with Gasteiger partial charge in [0.25, 0.3) is 0 Å². The van der Waals surface area contributed by atoms with Crippen molar-refractivity contribution in [3.63, 3.8) is 0 Å². The second-order valence-electron chi connectivity index (χ2n) is 6.98. The highest BCUT2D eigenvalue weighted by atomic mass is 16.7. The number of aliphatic imine (C=N–C) groups is 1. The lowest BCUT2D eigenvalue weighted by atomic mass is 10.0. The van der Waals surface area contributed by atoms with Crippen LogP contribution in [0.3, 0.4) is 0 Å². The summed E-state index contributed by atoms with van der Waals surface area (Å²) < 4.78 is 17.3. The van der Waals surface area contributed by atoms with E-state index in [1.165, 1.54) is 0 Å². The summed E-state index contributed by atoms with van der Waals surface area (Å²) in [6.45, 7) is 5.08. The molecule has 0 spiro atoms. The third kappa shape index (κ3) is 4.33. The summed E-state index contributed by atoms with van der Waals surface area (Å²) in [6.07, 6.45) is 0.932. The van der Waals surface area contributed by atoms with Crippen LogP contribution in [-0.4, -0.2) is 19.1 Å². The van der Waals surface area contributed by atoms with Crippen LogP contribution in [0.25, 0.3) is 0 Å². The van der Waals surface area contributed by atoms with Crippen LogP contribution in [0, 0.1) is 0 Å². The van der Waals surface area contributed by atoms with Gasteiger partial charge in [-0.15, -0.1) is 0 Å². The minimum Gasteiger partial charge on any atom is -0.453 e. The van der Waals surface area contributed by atoms with Crippen molar-refractivity contribution in [1.29, 1.82) is 0 Å². The Hall–Kier alpha value is -3.11. The lowest BCUT2D eigenvalue weighted by Crippen LogP contribution is -2.03. The molecule has 0 saturated carbocycles. The Kier molecular flexibility index (Phi) is 5.92. The zero-order chi connectivity index (χ0) is 20.1. The zero-order valence-corrected chi connectivity index (χ0v) is 16.8. The second kappa shape index (κ2) is 8.93. The summed E-state index contributed by atoms with van der Waals surface area (Å²) in [5.74, 6) is 1.40. The first kappa shape index (κ1) is 19.2. The van der Waals surface area contributed by atoms with E-state index in [4.69, 9.17) is 19.2 Å². The number of benzene rings is 3. The van der Waals surface area contributed by atoms with E-state index in [2.05, 4.69) is 38.1 Å². The molecule has 0 N–H and O–H groups in total. The van der Waals surface area contributed by atoms with Gasteiger partial charge in [-0.05, 0) is 31.0 Å². The Morgan fingerprint density at radius 3 is 2.24 bits per heavy atom. The van der Waals surface area contributed by atoms with Crippen LogP contribution in [0.2, 0.25) is 0 Å². The van der Waals surface area contributed by atoms with E-state index < -0.39 is 0 Å². The van der Waals surface area contributed by atoms with Crippen molar-refractivity contribution >= 4 is 11.4 Å². The highest BCUT2D eigenvalue weighted by Gasteiger charge is 2.22. The summed E-state index contributed by atoms with van der Waals surface area (Å²) in [4.78, 5) is 5.05. The zero-order valence-electron chi connectivity index (χ0n) is 16.8. The van der Waals surface area contributed by atoms with Crippen molar-refractivity contribution in [2.24, 2.45) is 4.99 Å². The first-order valence-electron chi connectivity index (χ1n) is 10.0. The molecule has 4 nitrogen and oxygen atoms in total. The monoisotopic (exact) mass is 387 g/mol. The van der Waals surface area contributed by atoms with E-state index in [9.17, 15) is 0 Å². The average Bonchev–Trinajstić information content (AvgIpc) is 3.26. The molecular weight excluding hydrogens is 362 g/mol. The molecule has 4 heteroatoms. The van der Waals surface area contributed by atoms with E-state index in [0.717, 1.165) is 34.5 Å². The highest BCUT2D eigenvalue weighted by molar-refractivity contribution is 6.14. The van der Waals surface area contributed by atoms with Crippen molar-refractivity contribution in [2.75, 3.05) is 13.4 Å². The maximum absolute atomic E-state index is 5.92. The molecule has 1 unspecified atom stereocenters. The lowest BCUT2D eigenvalue weighted by molar-refractivity contribution is 0.0661. The summed E-state index contributed by atoms with van der Waals surface area (Å²) in [6, 6.07) is 24.4. The second-order valence-corrected chi connectivity index (χ2v) is 6.98. The molecule has 148 valence electrons. The molecule has 0 radical (unpaired) electrons. The number of hydrogen-bond acceptors (Lipinski definition) is 4. The molecule has 4 rings (SSSR count). The molecule has 1 aliphatic rings. The molecule has 1 heterocycles. The molecule has 1 atom stereocenters. The molecule has 0 fully saturated rings. The SMILES string of the molecule is CCCOC(C)c1cc(N=C(c2ccccc2)c2ccccc2)c2c(c1)OCO2. The number of ether oxygens (including phenoxy) is 3. The third-order valence-electron chi connectivity index (χ3n) is 4.84. The number of fused-ring (bicyclic) bond motifs is 1. The first-order valence-corrected chi connectivity index (χ1v) is 10.0. The smallest absolute Gasteiger partial charge is 0.231 e.